The Morgan fingerprint density at radius 2 is 1.59 bits per heavy atom. The summed E-state index contributed by atoms with van der Waals surface area (Å²) >= 11 is 0. The minimum absolute atomic E-state index is 0. The molecule has 0 fully saturated rings. The van der Waals surface area contributed by atoms with Gasteiger partial charge in [-0.25, -0.2) is 0 Å². The fourth-order valence-corrected chi connectivity index (χ4v) is 1.97. The maximum Gasteiger partial charge on any atom is 0.209 e. The lowest BCUT2D eigenvalue weighted by molar-refractivity contribution is -0.570. The van der Waals surface area contributed by atoms with Crippen molar-refractivity contribution in [3.05, 3.63) is 59.3 Å². The summed E-state index contributed by atoms with van der Waals surface area (Å²) in [5.41, 5.74) is 2.79. The molecule has 0 unspecified atom stereocenters. The Labute approximate surface area is 129 Å². The first kappa shape index (κ1) is 17.3. The summed E-state index contributed by atoms with van der Waals surface area (Å²) < 4.78 is 5.14. The lowest BCUT2D eigenvalue weighted by Crippen LogP contribution is -2.09. The van der Waals surface area contributed by atoms with Crippen LogP contribution in [0.2, 0.25) is 0 Å². The Balaban J connectivity index is 0.00000242. The van der Waals surface area contributed by atoms with Gasteiger partial charge in [0, 0.05) is 24.0 Å². The highest BCUT2D eigenvalue weighted by molar-refractivity contribution is 5.63. The molecule has 0 amide bonds. The number of anilines is 2. The summed E-state index contributed by atoms with van der Waals surface area (Å²) in [5.74, 6) is 0.811. The molecule has 2 aromatic carbocycles. The molecule has 0 saturated carbocycles. The zero-order valence-corrected chi connectivity index (χ0v) is 12.9. The van der Waals surface area contributed by atoms with E-state index in [0.717, 1.165) is 22.7 Å². The van der Waals surface area contributed by atoms with Crippen molar-refractivity contribution < 1.29 is 14.8 Å². The van der Waals surface area contributed by atoms with Gasteiger partial charge in [-0.05, 0) is 36.4 Å². The van der Waals surface area contributed by atoms with Crippen molar-refractivity contribution >= 4 is 11.4 Å². The number of benzene rings is 2. The maximum atomic E-state index is 11.0. The van der Waals surface area contributed by atoms with Gasteiger partial charge in [-0.3, -0.25) is 0 Å². The highest BCUT2D eigenvalue weighted by Crippen LogP contribution is 2.25. The van der Waals surface area contributed by atoms with Gasteiger partial charge in [0.25, 0.3) is 0 Å². The average Bonchev–Trinajstić information content (AvgIpc) is 2.55. The Kier molecular flexibility index (Phi) is 6.15. The minimum Gasteiger partial charge on any atom is -0.597 e. The van der Waals surface area contributed by atoms with Crippen LogP contribution in [0.25, 0.3) is 0 Å². The predicted octanol–water partition coefficient (Wildman–Crippen LogP) is 3.69. The molecule has 0 radical (unpaired) electrons. The van der Waals surface area contributed by atoms with Gasteiger partial charge >= 0.3 is 0 Å². The molecule has 0 saturated heterocycles. The maximum absolute atomic E-state index is 11.0. The quantitative estimate of drug-likeness (QED) is 0.499. The van der Waals surface area contributed by atoms with Gasteiger partial charge in [0.2, 0.25) is 6.54 Å². The summed E-state index contributed by atoms with van der Waals surface area (Å²) in [6, 6.07) is 15.2. The molecule has 5 N–H and O–H groups in total. The van der Waals surface area contributed by atoms with Crippen LogP contribution in [0.3, 0.4) is 0 Å². The summed E-state index contributed by atoms with van der Waals surface area (Å²) in [6.45, 7) is 0.0169. The fraction of sp³-hybridized carbons (Fsp3) is 0.200. The first-order valence-corrected chi connectivity index (χ1v) is 6.40. The van der Waals surface area contributed by atoms with E-state index in [1.165, 1.54) is 0 Å². The van der Waals surface area contributed by atoms with E-state index in [1.807, 2.05) is 60.5 Å². The van der Waals surface area contributed by atoms with Crippen LogP contribution in [0.4, 0.5) is 11.4 Å². The lowest BCUT2D eigenvalue weighted by Gasteiger charge is -2.20. The first-order chi connectivity index (χ1) is 10.1. The van der Waals surface area contributed by atoms with Crippen LogP contribution >= 0.6 is 0 Å². The number of hydrogen-bond acceptors (Lipinski definition) is 4. The molecule has 0 heterocycles. The lowest BCUT2D eigenvalue weighted by atomic mass is 10.2. The second-order valence-corrected chi connectivity index (χ2v) is 4.52. The summed E-state index contributed by atoms with van der Waals surface area (Å²) in [7, 11) is 3.59. The first-order valence-electron chi connectivity index (χ1n) is 6.40. The van der Waals surface area contributed by atoms with Gasteiger partial charge in [-0.15, -0.1) is 0 Å². The van der Waals surface area contributed by atoms with Crippen LogP contribution in [0.1, 0.15) is 5.56 Å². The molecule has 0 spiro atoms. The van der Waals surface area contributed by atoms with E-state index in [4.69, 9.17) is 9.94 Å². The van der Waals surface area contributed by atoms with Crippen LogP contribution in [0, 0.1) is 5.21 Å². The SMILES string of the molecule is COc1ccc(N(C)c2ccc(C/[N+]([O-])=N/O)cc2)cc1.[NH4+]. The van der Waals surface area contributed by atoms with Gasteiger partial charge in [-0.1, -0.05) is 17.0 Å². The summed E-state index contributed by atoms with van der Waals surface area (Å²) in [6.07, 6.45) is 0. The van der Waals surface area contributed by atoms with E-state index < -0.39 is 0 Å². The largest absolute Gasteiger partial charge is 0.597 e. The molecular formula is C15H21N4O3+. The number of rotatable bonds is 5. The highest BCUT2D eigenvalue weighted by Gasteiger charge is 2.06. The van der Waals surface area contributed by atoms with E-state index in [0.29, 0.717) is 0 Å². The number of ether oxygens (including phenoxy) is 1. The highest BCUT2D eigenvalue weighted by atomic mass is 16.6. The van der Waals surface area contributed by atoms with E-state index in [9.17, 15) is 5.21 Å². The second kappa shape index (κ2) is 7.84. The third-order valence-electron chi connectivity index (χ3n) is 3.20. The van der Waals surface area contributed by atoms with E-state index in [2.05, 4.69) is 5.28 Å². The van der Waals surface area contributed by atoms with Crippen LogP contribution in [0.15, 0.2) is 53.8 Å². The van der Waals surface area contributed by atoms with Gasteiger partial charge in [-0.2, -0.15) is 0 Å². The molecule has 2 rings (SSSR count). The van der Waals surface area contributed by atoms with E-state index in [1.54, 1.807) is 7.11 Å². The molecule has 7 nitrogen and oxygen atoms in total. The molecule has 2 aromatic rings. The molecule has 7 heteroatoms. The van der Waals surface area contributed by atoms with Crippen molar-refractivity contribution in [2.24, 2.45) is 5.28 Å². The molecule has 118 valence electrons. The number of methoxy groups -OCH3 is 1. The molecule has 0 aliphatic carbocycles. The van der Waals surface area contributed by atoms with Gasteiger partial charge in [0.1, 0.15) is 5.75 Å². The molecule has 0 aromatic heterocycles. The standard InChI is InChI=1S/C15H17N3O3.H3N/c1-17(14-7-9-15(21-2)10-8-14)13-5-3-12(4-6-13)11-18(20)16-19;/h3-10,19H,11H2,1-2H3;1H3/p+1/b18-16-;. The molecule has 0 aliphatic rings. The third kappa shape index (κ3) is 4.10. The van der Waals surface area contributed by atoms with Gasteiger partial charge in [0.15, 0.2) is 5.28 Å². The molecular weight excluding hydrogens is 284 g/mol. The average molecular weight is 305 g/mol. The van der Waals surface area contributed by atoms with E-state index >= 15 is 0 Å². The zero-order chi connectivity index (χ0) is 15.2. The monoisotopic (exact) mass is 305 g/mol. The Morgan fingerprint density at radius 1 is 1.09 bits per heavy atom. The smallest absolute Gasteiger partial charge is 0.209 e. The summed E-state index contributed by atoms with van der Waals surface area (Å²) in [4.78, 5) is 2.25. The van der Waals surface area contributed by atoms with Gasteiger partial charge in [0.05, 0.1) is 7.11 Å². The zero-order valence-electron chi connectivity index (χ0n) is 12.9. The number of hydroxylamine groups is 1. The molecule has 22 heavy (non-hydrogen) atoms. The Hall–Kier alpha value is -2.80. The number of hydrogen-bond donors (Lipinski definition) is 2. The molecule has 0 aliphatic heterocycles. The Bertz CT molecular complexity index is 612. The normalized spacial score (nSPS) is 10.7. The van der Waals surface area contributed by atoms with Crippen molar-refractivity contribution in [1.29, 1.82) is 0 Å². The minimum atomic E-state index is 0. The third-order valence-corrected chi connectivity index (χ3v) is 3.20. The van der Waals surface area contributed by atoms with Crippen molar-refractivity contribution in [3.8, 4) is 5.75 Å². The second-order valence-electron chi connectivity index (χ2n) is 4.52. The van der Waals surface area contributed by atoms with Crippen LogP contribution in [-0.4, -0.2) is 24.2 Å². The van der Waals surface area contributed by atoms with Crippen molar-refractivity contribution in [1.82, 2.24) is 6.15 Å². The van der Waals surface area contributed by atoms with Crippen LogP contribution in [0.5, 0.6) is 5.75 Å². The Morgan fingerprint density at radius 3 is 2.05 bits per heavy atom. The topological polar surface area (TPSA) is 108 Å². The van der Waals surface area contributed by atoms with Crippen molar-refractivity contribution in [2.75, 3.05) is 19.1 Å². The fourth-order valence-electron chi connectivity index (χ4n) is 1.97. The van der Waals surface area contributed by atoms with Crippen LogP contribution < -0.4 is 15.8 Å². The van der Waals surface area contributed by atoms with Crippen molar-refractivity contribution in [2.45, 2.75) is 6.54 Å². The predicted molar refractivity (Wildman–Crippen MR) is 85.0 cm³/mol. The van der Waals surface area contributed by atoms with Crippen molar-refractivity contribution in [3.63, 3.8) is 0 Å². The van der Waals surface area contributed by atoms with Gasteiger partial charge < -0.3 is 26.2 Å². The number of quaternary nitrogens is 1. The number of nitrogens with zero attached hydrogens (tertiary/aromatic N) is 3. The molecule has 0 atom stereocenters. The van der Waals surface area contributed by atoms with Crippen LogP contribution in [-0.2, 0) is 6.54 Å². The van der Waals surface area contributed by atoms with E-state index in [-0.39, 0.29) is 17.6 Å². The molecule has 0 bridgehead atoms. The summed E-state index contributed by atoms with van der Waals surface area (Å²) in [5, 5.41) is 21.9.